The van der Waals surface area contributed by atoms with E-state index < -0.39 is 0 Å². The summed E-state index contributed by atoms with van der Waals surface area (Å²) in [6.07, 6.45) is 15.6. The molecule has 0 unspecified atom stereocenters. The smallest absolute Gasteiger partial charge is 0.306 e. The van der Waals surface area contributed by atoms with Gasteiger partial charge < -0.3 is 4.74 Å². The average molecular weight is 294 g/mol. The highest BCUT2D eigenvalue weighted by atomic mass is 16.6. The summed E-state index contributed by atoms with van der Waals surface area (Å²) in [5.41, 5.74) is -0.119. The van der Waals surface area contributed by atoms with Crippen LogP contribution in [0.2, 0.25) is 0 Å². The first-order valence-electron chi connectivity index (χ1n) is 9.41. The number of ether oxygens (including phenoxy) is 1. The Labute approximate surface area is 131 Å². The molecule has 2 nitrogen and oxygen atoms in total. The first-order chi connectivity index (χ1) is 10.2. The molecule has 0 spiro atoms. The highest BCUT2D eigenvalue weighted by Crippen LogP contribution is 2.44. The van der Waals surface area contributed by atoms with E-state index in [-0.39, 0.29) is 11.6 Å². The summed E-state index contributed by atoms with van der Waals surface area (Å²) in [7, 11) is 0. The predicted molar refractivity (Wildman–Crippen MR) is 87.2 cm³/mol. The summed E-state index contributed by atoms with van der Waals surface area (Å²) in [5, 5.41) is 0. The minimum Gasteiger partial charge on any atom is -0.459 e. The zero-order chi connectivity index (χ0) is 15.1. The first kappa shape index (κ1) is 16.8. The van der Waals surface area contributed by atoms with E-state index >= 15 is 0 Å². The van der Waals surface area contributed by atoms with E-state index in [4.69, 9.17) is 4.74 Å². The van der Waals surface area contributed by atoms with Crippen molar-refractivity contribution in [1.82, 2.24) is 0 Å². The topological polar surface area (TPSA) is 26.3 Å². The third-order valence-electron chi connectivity index (χ3n) is 5.75. The fourth-order valence-electron chi connectivity index (χ4n) is 4.60. The molecule has 0 heterocycles. The van der Waals surface area contributed by atoms with Crippen LogP contribution in [-0.2, 0) is 9.53 Å². The Morgan fingerprint density at radius 3 is 2.14 bits per heavy atom. The Bertz CT molecular complexity index is 310. The molecule has 0 aromatic heterocycles. The SMILES string of the molecule is CCCC(=O)OC1(CCC)CCC(C2CCCCC2)CC1. The van der Waals surface area contributed by atoms with Crippen molar-refractivity contribution in [2.75, 3.05) is 0 Å². The monoisotopic (exact) mass is 294 g/mol. The van der Waals surface area contributed by atoms with Gasteiger partial charge in [0.05, 0.1) is 0 Å². The van der Waals surface area contributed by atoms with Gasteiger partial charge in [0, 0.05) is 6.42 Å². The summed E-state index contributed by atoms with van der Waals surface area (Å²) < 4.78 is 5.96. The molecule has 0 N–H and O–H groups in total. The Balaban J connectivity index is 1.88. The molecular weight excluding hydrogens is 260 g/mol. The summed E-state index contributed by atoms with van der Waals surface area (Å²) in [6.45, 7) is 4.26. The van der Waals surface area contributed by atoms with Gasteiger partial charge in [-0.15, -0.1) is 0 Å². The van der Waals surface area contributed by atoms with E-state index in [1.807, 2.05) is 6.92 Å². The van der Waals surface area contributed by atoms with Crippen LogP contribution in [-0.4, -0.2) is 11.6 Å². The van der Waals surface area contributed by atoms with Crippen molar-refractivity contribution < 1.29 is 9.53 Å². The van der Waals surface area contributed by atoms with Gasteiger partial charge in [-0.05, 0) is 50.4 Å². The molecule has 0 bridgehead atoms. The van der Waals surface area contributed by atoms with Crippen molar-refractivity contribution in [2.24, 2.45) is 11.8 Å². The van der Waals surface area contributed by atoms with Gasteiger partial charge >= 0.3 is 5.97 Å². The molecule has 0 aromatic carbocycles. The molecule has 0 aromatic rings. The number of carbonyl (C=O) groups is 1. The fourth-order valence-corrected chi connectivity index (χ4v) is 4.60. The third-order valence-corrected chi connectivity index (χ3v) is 5.75. The normalized spacial score (nSPS) is 31.0. The molecule has 2 rings (SSSR count). The van der Waals surface area contributed by atoms with Crippen LogP contribution < -0.4 is 0 Å². The highest BCUT2D eigenvalue weighted by molar-refractivity contribution is 5.69. The van der Waals surface area contributed by atoms with Crippen LogP contribution in [0.5, 0.6) is 0 Å². The zero-order valence-electron chi connectivity index (χ0n) is 14.2. The third kappa shape index (κ3) is 4.72. The standard InChI is InChI=1S/C19H34O2/c1-3-8-18(20)21-19(13-4-2)14-11-17(12-15-19)16-9-6-5-7-10-16/h16-17H,3-15H2,1-2H3. The number of rotatable bonds is 6. The van der Waals surface area contributed by atoms with Crippen LogP contribution in [0.4, 0.5) is 0 Å². The number of hydrogen-bond donors (Lipinski definition) is 0. The Morgan fingerprint density at radius 1 is 0.952 bits per heavy atom. The molecule has 2 fully saturated rings. The Morgan fingerprint density at radius 2 is 1.57 bits per heavy atom. The molecule has 2 saturated carbocycles. The maximum Gasteiger partial charge on any atom is 0.306 e. The lowest BCUT2D eigenvalue weighted by molar-refractivity contribution is -0.166. The van der Waals surface area contributed by atoms with Crippen LogP contribution >= 0.6 is 0 Å². The molecule has 2 heteroatoms. The quantitative estimate of drug-likeness (QED) is 0.593. The molecule has 0 atom stereocenters. The molecular formula is C19H34O2. The van der Waals surface area contributed by atoms with Gasteiger partial charge in [-0.1, -0.05) is 52.4 Å². The van der Waals surface area contributed by atoms with Crippen molar-refractivity contribution in [3.8, 4) is 0 Å². The van der Waals surface area contributed by atoms with E-state index in [2.05, 4.69) is 6.92 Å². The molecule has 2 aliphatic rings. The van der Waals surface area contributed by atoms with Gasteiger partial charge in [0.1, 0.15) is 5.60 Å². The molecule has 2 aliphatic carbocycles. The number of carbonyl (C=O) groups excluding carboxylic acids is 1. The van der Waals surface area contributed by atoms with E-state index in [1.54, 1.807) is 0 Å². The van der Waals surface area contributed by atoms with Gasteiger partial charge in [-0.25, -0.2) is 0 Å². The molecule has 0 aliphatic heterocycles. The van der Waals surface area contributed by atoms with Crippen molar-refractivity contribution in [1.29, 1.82) is 0 Å². The number of esters is 1. The minimum absolute atomic E-state index is 0.0297. The second-order valence-corrected chi connectivity index (χ2v) is 7.39. The van der Waals surface area contributed by atoms with Crippen molar-refractivity contribution in [2.45, 2.75) is 103 Å². The predicted octanol–water partition coefficient (Wildman–Crippen LogP) is 5.64. The van der Waals surface area contributed by atoms with Crippen molar-refractivity contribution in [3.63, 3.8) is 0 Å². The molecule has 21 heavy (non-hydrogen) atoms. The van der Waals surface area contributed by atoms with Gasteiger partial charge in [-0.3, -0.25) is 4.79 Å². The minimum atomic E-state index is -0.119. The second kappa shape index (κ2) is 8.19. The van der Waals surface area contributed by atoms with E-state index in [1.165, 1.54) is 44.9 Å². The maximum atomic E-state index is 12.0. The van der Waals surface area contributed by atoms with E-state index in [0.717, 1.165) is 43.9 Å². The van der Waals surface area contributed by atoms with Gasteiger partial charge in [0.2, 0.25) is 0 Å². The van der Waals surface area contributed by atoms with Crippen LogP contribution in [0.3, 0.4) is 0 Å². The zero-order valence-corrected chi connectivity index (χ0v) is 14.2. The number of hydrogen-bond acceptors (Lipinski definition) is 2. The van der Waals surface area contributed by atoms with Crippen molar-refractivity contribution >= 4 is 5.97 Å². The van der Waals surface area contributed by atoms with Crippen LogP contribution in [0.15, 0.2) is 0 Å². The fraction of sp³-hybridized carbons (Fsp3) is 0.947. The Kier molecular flexibility index (Phi) is 6.57. The average Bonchev–Trinajstić information content (AvgIpc) is 2.49. The largest absolute Gasteiger partial charge is 0.459 e. The first-order valence-corrected chi connectivity index (χ1v) is 9.41. The second-order valence-electron chi connectivity index (χ2n) is 7.39. The van der Waals surface area contributed by atoms with Crippen molar-refractivity contribution in [3.05, 3.63) is 0 Å². The van der Waals surface area contributed by atoms with Crippen LogP contribution in [0.25, 0.3) is 0 Å². The molecule has 0 saturated heterocycles. The summed E-state index contributed by atoms with van der Waals surface area (Å²) >= 11 is 0. The van der Waals surface area contributed by atoms with Gasteiger partial charge in [0.15, 0.2) is 0 Å². The lowest BCUT2D eigenvalue weighted by atomic mass is 9.68. The summed E-state index contributed by atoms with van der Waals surface area (Å²) in [5.74, 6) is 1.90. The Hall–Kier alpha value is -0.530. The lowest BCUT2D eigenvalue weighted by Crippen LogP contribution is -2.40. The lowest BCUT2D eigenvalue weighted by Gasteiger charge is -2.42. The summed E-state index contributed by atoms with van der Waals surface area (Å²) in [4.78, 5) is 12.0. The molecule has 122 valence electrons. The van der Waals surface area contributed by atoms with E-state index in [0.29, 0.717) is 6.42 Å². The van der Waals surface area contributed by atoms with Gasteiger partial charge in [-0.2, -0.15) is 0 Å². The van der Waals surface area contributed by atoms with Gasteiger partial charge in [0.25, 0.3) is 0 Å². The maximum absolute atomic E-state index is 12.0. The van der Waals surface area contributed by atoms with Crippen LogP contribution in [0, 0.1) is 11.8 Å². The molecule has 0 radical (unpaired) electrons. The van der Waals surface area contributed by atoms with Crippen LogP contribution in [0.1, 0.15) is 97.3 Å². The summed E-state index contributed by atoms with van der Waals surface area (Å²) in [6, 6.07) is 0. The molecule has 0 amide bonds. The van der Waals surface area contributed by atoms with E-state index in [9.17, 15) is 4.79 Å². The highest BCUT2D eigenvalue weighted by Gasteiger charge is 2.39.